The summed E-state index contributed by atoms with van der Waals surface area (Å²) in [4.78, 5) is 0. The summed E-state index contributed by atoms with van der Waals surface area (Å²) in [6, 6.07) is 5.39. The maximum atomic E-state index is 5.93. The van der Waals surface area contributed by atoms with Gasteiger partial charge in [0.15, 0.2) is 12.6 Å². The van der Waals surface area contributed by atoms with Crippen molar-refractivity contribution in [2.45, 2.75) is 40.3 Å². The molecule has 0 spiro atoms. The molecule has 0 saturated heterocycles. The molecule has 1 aromatic carbocycles. The van der Waals surface area contributed by atoms with E-state index in [2.05, 4.69) is 0 Å². The van der Waals surface area contributed by atoms with E-state index < -0.39 is 15.1 Å². The van der Waals surface area contributed by atoms with Gasteiger partial charge in [0.2, 0.25) is 0 Å². The summed E-state index contributed by atoms with van der Waals surface area (Å²) < 4.78 is 39.3. The van der Waals surface area contributed by atoms with E-state index in [4.69, 9.17) is 32.2 Å². The van der Waals surface area contributed by atoms with E-state index in [1.165, 1.54) is 0 Å². The molecule has 0 heterocycles. The molecule has 1 aromatic rings. The lowest BCUT2D eigenvalue weighted by atomic mass is 10.3. The van der Waals surface area contributed by atoms with Crippen LogP contribution in [0.25, 0.3) is 0 Å². The van der Waals surface area contributed by atoms with E-state index in [1.54, 1.807) is 27.4 Å². The molecule has 0 aliphatic carbocycles. The van der Waals surface area contributed by atoms with E-state index in [1.807, 2.05) is 39.8 Å². The van der Waals surface area contributed by atoms with Crippen molar-refractivity contribution < 1.29 is 32.2 Å². The van der Waals surface area contributed by atoms with Gasteiger partial charge in [-0.15, -0.1) is 0 Å². The molecule has 0 aliphatic rings. The average molecular weight is 375 g/mol. The van der Waals surface area contributed by atoms with Crippen LogP contribution in [0.1, 0.15) is 27.7 Å². The first-order valence-electron chi connectivity index (χ1n) is 8.32. The Morgan fingerprint density at radius 2 is 1.36 bits per heavy atom. The van der Waals surface area contributed by atoms with Gasteiger partial charge in [0.25, 0.3) is 0 Å². The molecule has 144 valence electrons. The van der Waals surface area contributed by atoms with Crippen molar-refractivity contribution in [2.75, 3.05) is 34.5 Å². The van der Waals surface area contributed by atoms with Crippen LogP contribution >= 0.6 is 0 Å². The highest BCUT2D eigenvalue weighted by molar-refractivity contribution is 6.76. The van der Waals surface area contributed by atoms with E-state index >= 15 is 0 Å². The van der Waals surface area contributed by atoms with Crippen molar-refractivity contribution in [1.82, 2.24) is 0 Å². The van der Waals surface area contributed by atoms with Gasteiger partial charge in [-0.1, -0.05) is 0 Å². The van der Waals surface area contributed by atoms with Crippen molar-refractivity contribution >= 4 is 14.0 Å². The number of ether oxygens (including phenoxy) is 4. The lowest BCUT2D eigenvalue weighted by Crippen LogP contribution is -2.55. The molecule has 0 radical (unpaired) electrons. The van der Waals surface area contributed by atoms with Gasteiger partial charge in [0.05, 0.1) is 5.19 Å². The molecule has 0 fully saturated rings. The first-order chi connectivity index (χ1) is 12.0. The molecule has 0 aromatic heterocycles. The van der Waals surface area contributed by atoms with Crippen molar-refractivity contribution in [3.05, 3.63) is 18.2 Å². The summed E-state index contributed by atoms with van der Waals surface area (Å²) in [5.74, 6) is 1.13. The molecule has 7 nitrogen and oxygen atoms in total. The predicted molar refractivity (Wildman–Crippen MR) is 96.3 cm³/mol. The quantitative estimate of drug-likeness (QED) is 0.411. The van der Waals surface area contributed by atoms with Crippen LogP contribution in [-0.2, 0) is 22.8 Å². The first kappa shape index (κ1) is 21.9. The maximum absolute atomic E-state index is 5.93. The summed E-state index contributed by atoms with van der Waals surface area (Å²) in [7, 11) is 1.58. The van der Waals surface area contributed by atoms with E-state index in [-0.39, 0.29) is 6.29 Å². The maximum Gasteiger partial charge on any atom is 0.540 e. The van der Waals surface area contributed by atoms with Gasteiger partial charge in [-0.2, -0.15) is 0 Å². The third-order valence-corrected chi connectivity index (χ3v) is 6.17. The van der Waals surface area contributed by atoms with Crippen LogP contribution < -0.4 is 14.7 Å². The second kappa shape index (κ2) is 10.7. The monoisotopic (exact) mass is 374 g/mol. The van der Waals surface area contributed by atoms with Gasteiger partial charge < -0.3 is 32.2 Å². The Balaban J connectivity index is 3.21. The fraction of sp³-hybridized carbons (Fsp3) is 0.647. The molecular formula is C17H30O7Si. The predicted octanol–water partition coefficient (Wildman–Crippen LogP) is 2.29. The zero-order valence-corrected chi connectivity index (χ0v) is 17.2. The van der Waals surface area contributed by atoms with Gasteiger partial charge in [-0.3, -0.25) is 0 Å². The number of rotatable bonds is 12. The average Bonchev–Trinajstić information content (AvgIpc) is 2.58. The van der Waals surface area contributed by atoms with Gasteiger partial charge in [-0.25, -0.2) is 0 Å². The SMILES string of the molecule is CCOC(C)Oc1ccc([Si](OC)(OC)OC)c(OC(C)OCC)c1. The third kappa shape index (κ3) is 5.95. The molecule has 0 amide bonds. The Morgan fingerprint density at radius 3 is 1.84 bits per heavy atom. The summed E-state index contributed by atoms with van der Waals surface area (Å²) >= 11 is 0. The summed E-state index contributed by atoms with van der Waals surface area (Å²) in [6.45, 7) is 8.57. The lowest BCUT2D eigenvalue weighted by Gasteiger charge is -2.28. The Morgan fingerprint density at radius 1 is 0.840 bits per heavy atom. The normalized spacial score (nSPS) is 14.2. The van der Waals surface area contributed by atoms with Crippen LogP contribution in [0.5, 0.6) is 11.5 Å². The number of benzene rings is 1. The van der Waals surface area contributed by atoms with E-state index in [0.717, 1.165) is 0 Å². The molecular weight excluding hydrogens is 344 g/mol. The number of hydrogen-bond donors (Lipinski definition) is 0. The van der Waals surface area contributed by atoms with Gasteiger partial charge in [0, 0.05) is 40.6 Å². The van der Waals surface area contributed by atoms with Gasteiger partial charge in [-0.05, 0) is 39.8 Å². The summed E-state index contributed by atoms with van der Waals surface area (Å²) in [5, 5.41) is 0.697. The zero-order chi connectivity index (χ0) is 18.9. The van der Waals surface area contributed by atoms with E-state index in [0.29, 0.717) is 29.9 Å². The minimum absolute atomic E-state index is 0.373. The molecule has 0 saturated carbocycles. The Kier molecular flexibility index (Phi) is 9.40. The van der Waals surface area contributed by atoms with Crippen LogP contribution in [0.3, 0.4) is 0 Å². The van der Waals surface area contributed by atoms with Crippen molar-refractivity contribution in [3.8, 4) is 11.5 Å². The summed E-state index contributed by atoms with van der Waals surface area (Å²) in [5.41, 5.74) is 0. The second-order valence-corrected chi connectivity index (χ2v) is 7.98. The highest BCUT2D eigenvalue weighted by atomic mass is 28.4. The number of hydrogen-bond acceptors (Lipinski definition) is 7. The molecule has 0 N–H and O–H groups in total. The van der Waals surface area contributed by atoms with E-state index in [9.17, 15) is 0 Å². The van der Waals surface area contributed by atoms with Crippen LogP contribution in [0, 0.1) is 0 Å². The standard InChI is InChI=1S/C17H30O7Si/c1-8-21-13(3)23-15-10-11-17(25(18-5,19-6)20-7)16(12-15)24-14(4)22-9-2/h10-14H,8-9H2,1-7H3. The Labute approximate surface area is 151 Å². The summed E-state index contributed by atoms with van der Waals surface area (Å²) in [6.07, 6.45) is -0.817. The Hall–Kier alpha value is -1.16. The highest BCUT2D eigenvalue weighted by Gasteiger charge is 2.44. The van der Waals surface area contributed by atoms with Gasteiger partial charge in [0.1, 0.15) is 11.5 Å². The minimum atomic E-state index is -3.07. The minimum Gasteiger partial charge on any atom is -0.465 e. The zero-order valence-electron chi connectivity index (χ0n) is 16.2. The smallest absolute Gasteiger partial charge is 0.465 e. The van der Waals surface area contributed by atoms with Crippen LogP contribution in [-0.4, -0.2) is 55.9 Å². The van der Waals surface area contributed by atoms with Crippen molar-refractivity contribution in [3.63, 3.8) is 0 Å². The highest BCUT2D eigenvalue weighted by Crippen LogP contribution is 2.24. The molecule has 2 unspecified atom stereocenters. The fourth-order valence-electron chi connectivity index (χ4n) is 2.41. The van der Waals surface area contributed by atoms with Gasteiger partial charge >= 0.3 is 8.80 Å². The largest absolute Gasteiger partial charge is 0.540 e. The fourth-order valence-corrected chi connectivity index (χ4v) is 4.29. The van der Waals surface area contributed by atoms with Crippen molar-refractivity contribution in [2.24, 2.45) is 0 Å². The molecule has 8 heteroatoms. The topological polar surface area (TPSA) is 64.6 Å². The third-order valence-electron chi connectivity index (χ3n) is 3.49. The van der Waals surface area contributed by atoms with Crippen LogP contribution in [0.4, 0.5) is 0 Å². The van der Waals surface area contributed by atoms with Crippen LogP contribution in [0.15, 0.2) is 18.2 Å². The first-order valence-corrected chi connectivity index (χ1v) is 10.0. The lowest BCUT2D eigenvalue weighted by molar-refractivity contribution is -0.0648. The molecule has 0 bridgehead atoms. The second-order valence-electron chi connectivity index (χ2n) is 5.11. The molecule has 0 aliphatic heterocycles. The molecule has 1 rings (SSSR count). The molecule has 2 atom stereocenters. The van der Waals surface area contributed by atoms with Crippen LogP contribution in [0.2, 0.25) is 0 Å². The Bertz CT molecular complexity index is 500. The molecule has 25 heavy (non-hydrogen) atoms. The van der Waals surface area contributed by atoms with Crippen molar-refractivity contribution in [1.29, 1.82) is 0 Å².